The zero-order chi connectivity index (χ0) is 15.3. The number of nitrogens with two attached hydrogens (primary N) is 1. The van der Waals surface area contributed by atoms with E-state index in [0.717, 1.165) is 12.2 Å². The van der Waals surface area contributed by atoms with Gasteiger partial charge in [0.25, 0.3) is 0 Å². The maximum atomic E-state index is 5.79. The van der Waals surface area contributed by atoms with Crippen molar-refractivity contribution in [1.82, 2.24) is 0 Å². The van der Waals surface area contributed by atoms with E-state index < -0.39 is 0 Å². The highest BCUT2D eigenvalue weighted by atomic mass is 16.6. The summed E-state index contributed by atoms with van der Waals surface area (Å²) in [6.07, 6.45) is 0.854. The van der Waals surface area contributed by atoms with E-state index >= 15 is 0 Å². The molecule has 5 nitrogen and oxygen atoms in total. The Hall–Kier alpha value is -1.14. The van der Waals surface area contributed by atoms with Crippen molar-refractivity contribution in [3.8, 4) is 5.75 Å². The normalized spacial score (nSPS) is 12.3. The highest BCUT2D eigenvalue weighted by Gasteiger charge is 2.00. The quantitative estimate of drug-likeness (QED) is 0.594. The molecule has 0 aliphatic carbocycles. The van der Waals surface area contributed by atoms with E-state index in [2.05, 4.69) is 6.07 Å². The fourth-order valence-corrected chi connectivity index (χ4v) is 1.82. The minimum Gasteiger partial charge on any atom is -0.491 e. The van der Waals surface area contributed by atoms with Gasteiger partial charge in [-0.2, -0.15) is 0 Å². The van der Waals surface area contributed by atoms with E-state index in [1.807, 2.05) is 25.1 Å². The first-order valence-electron chi connectivity index (χ1n) is 7.34. The van der Waals surface area contributed by atoms with Crippen molar-refractivity contribution >= 4 is 0 Å². The molecular weight excluding hydrogens is 270 g/mol. The second-order valence-corrected chi connectivity index (χ2v) is 4.89. The molecule has 1 atom stereocenters. The van der Waals surface area contributed by atoms with Crippen LogP contribution in [0.25, 0.3) is 0 Å². The van der Waals surface area contributed by atoms with Crippen molar-refractivity contribution in [3.05, 3.63) is 29.8 Å². The lowest BCUT2D eigenvalue weighted by Crippen LogP contribution is -2.17. The van der Waals surface area contributed by atoms with Crippen molar-refractivity contribution in [1.29, 1.82) is 0 Å². The summed E-state index contributed by atoms with van der Waals surface area (Å²) in [7, 11) is 1.65. The second kappa shape index (κ2) is 11.5. The van der Waals surface area contributed by atoms with Crippen LogP contribution in [-0.4, -0.2) is 52.8 Å². The third kappa shape index (κ3) is 9.42. The molecule has 0 fully saturated rings. The van der Waals surface area contributed by atoms with Crippen molar-refractivity contribution in [3.63, 3.8) is 0 Å². The topological polar surface area (TPSA) is 62.9 Å². The summed E-state index contributed by atoms with van der Waals surface area (Å²) < 4.78 is 21.2. The molecule has 0 saturated carbocycles. The van der Waals surface area contributed by atoms with Crippen LogP contribution in [0.4, 0.5) is 0 Å². The van der Waals surface area contributed by atoms with Gasteiger partial charge in [0.05, 0.1) is 33.0 Å². The van der Waals surface area contributed by atoms with Crippen LogP contribution in [-0.2, 0) is 20.6 Å². The van der Waals surface area contributed by atoms with Crippen LogP contribution in [0.3, 0.4) is 0 Å². The molecular formula is C16H27NO4. The van der Waals surface area contributed by atoms with Crippen LogP contribution in [0, 0.1) is 0 Å². The molecule has 21 heavy (non-hydrogen) atoms. The molecule has 5 heteroatoms. The number of hydrogen-bond donors (Lipinski definition) is 1. The third-order valence-electron chi connectivity index (χ3n) is 2.76. The molecule has 0 aliphatic heterocycles. The summed E-state index contributed by atoms with van der Waals surface area (Å²) in [5.41, 5.74) is 6.98. The third-order valence-corrected chi connectivity index (χ3v) is 2.76. The number of methoxy groups -OCH3 is 1. The van der Waals surface area contributed by atoms with Gasteiger partial charge in [-0.25, -0.2) is 0 Å². The minimum atomic E-state index is 0.154. The molecule has 0 saturated heterocycles. The standard InChI is InChI=1S/C16H27NO4/c1-14(17)12-15-4-3-5-16(13-15)21-11-10-20-9-8-19-7-6-18-2/h3-5,13-14H,6-12,17H2,1-2H3. The van der Waals surface area contributed by atoms with Gasteiger partial charge in [0.15, 0.2) is 0 Å². The van der Waals surface area contributed by atoms with Crippen LogP contribution < -0.4 is 10.5 Å². The van der Waals surface area contributed by atoms with Gasteiger partial charge in [-0.05, 0) is 31.0 Å². The Labute approximate surface area is 127 Å². The highest BCUT2D eigenvalue weighted by Crippen LogP contribution is 2.14. The highest BCUT2D eigenvalue weighted by molar-refractivity contribution is 5.28. The first kappa shape index (κ1) is 17.9. The van der Waals surface area contributed by atoms with Gasteiger partial charge in [-0.1, -0.05) is 12.1 Å². The largest absolute Gasteiger partial charge is 0.491 e. The molecule has 0 heterocycles. The molecule has 2 N–H and O–H groups in total. The summed E-state index contributed by atoms with van der Waals surface area (Å²) in [4.78, 5) is 0. The average molecular weight is 297 g/mol. The predicted octanol–water partition coefficient (Wildman–Crippen LogP) is 1.63. The van der Waals surface area contributed by atoms with Crippen LogP contribution in [0.15, 0.2) is 24.3 Å². The second-order valence-electron chi connectivity index (χ2n) is 4.89. The van der Waals surface area contributed by atoms with Crippen LogP contribution in [0.5, 0.6) is 5.75 Å². The Morgan fingerprint density at radius 2 is 1.67 bits per heavy atom. The first-order valence-corrected chi connectivity index (χ1v) is 7.34. The molecule has 1 rings (SSSR count). The molecule has 0 radical (unpaired) electrons. The fourth-order valence-electron chi connectivity index (χ4n) is 1.82. The van der Waals surface area contributed by atoms with E-state index in [0.29, 0.717) is 39.6 Å². The number of rotatable bonds is 12. The maximum Gasteiger partial charge on any atom is 0.119 e. The van der Waals surface area contributed by atoms with Gasteiger partial charge in [0, 0.05) is 13.2 Å². The van der Waals surface area contributed by atoms with Crippen LogP contribution >= 0.6 is 0 Å². The lowest BCUT2D eigenvalue weighted by molar-refractivity contribution is 0.0179. The van der Waals surface area contributed by atoms with Gasteiger partial charge in [0.2, 0.25) is 0 Å². The molecule has 1 aromatic rings. The zero-order valence-electron chi connectivity index (χ0n) is 13.0. The number of hydrogen-bond acceptors (Lipinski definition) is 5. The van der Waals surface area contributed by atoms with E-state index in [4.69, 9.17) is 24.7 Å². The molecule has 0 amide bonds. The number of benzene rings is 1. The van der Waals surface area contributed by atoms with Crippen molar-refractivity contribution in [2.75, 3.05) is 46.8 Å². The van der Waals surface area contributed by atoms with Crippen molar-refractivity contribution in [2.45, 2.75) is 19.4 Å². The molecule has 1 unspecified atom stereocenters. The molecule has 0 spiro atoms. The first-order chi connectivity index (χ1) is 10.2. The van der Waals surface area contributed by atoms with E-state index in [1.54, 1.807) is 7.11 Å². The minimum absolute atomic E-state index is 0.154. The lowest BCUT2D eigenvalue weighted by Gasteiger charge is -2.10. The van der Waals surface area contributed by atoms with Crippen molar-refractivity contribution < 1.29 is 18.9 Å². The predicted molar refractivity (Wildman–Crippen MR) is 82.8 cm³/mol. The summed E-state index contributed by atoms with van der Waals surface area (Å²) in [6.45, 7) is 5.43. The Morgan fingerprint density at radius 3 is 2.33 bits per heavy atom. The lowest BCUT2D eigenvalue weighted by atomic mass is 10.1. The monoisotopic (exact) mass is 297 g/mol. The number of ether oxygens (including phenoxy) is 4. The summed E-state index contributed by atoms with van der Waals surface area (Å²) >= 11 is 0. The fraction of sp³-hybridized carbons (Fsp3) is 0.625. The summed E-state index contributed by atoms with van der Waals surface area (Å²) in [5, 5.41) is 0. The van der Waals surface area contributed by atoms with Crippen LogP contribution in [0.1, 0.15) is 12.5 Å². The van der Waals surface area contributed by atoms with E-state index in [1.165, 1.54) is 5.56 Å². The Bertz CT molecular complexity index is 371. The molecule has 0 aliphatic rings. The summed E-state index contributed by atoms with van der Waals surface area (Å²) in [6, 6.07) is 8.17. The Morgan fingerprint density at radius 1 is 1.00 bits per heavy atom. The van der Waals surface area contributed by atoms with E-state index in [-0.39, 0.29) is 6.04 Å². The average Bonchev–Trinajstić information content (AvgIpc) is 2.45. The van der Waals surface area contributed by atoms with E-state index in [9.17, 15) is 0 Å². The van der Waals surface area contributed by atoms with Crippen molar-refractivity contribution in [2.24, 2.45) is 5.73 Å². The van der Waals surface area contributed by atoms with Gasteiger partial charge in [-0.3, -0.25) is 0 Å². The van der Waals surface area contributed by atoms with Gasteiger partial charge >= 0.3 is 0 Å². The molecule has 1 aromatic carbocycles. The molecule has 0 aromatic heterocycles. The smallest absolute Gasteiger partial charge is 0.119 e. The van der Waals surface area contributed by atoms with Gasteiger partial charge < -0.3 is 24.7 Å². The zero-order valence-corrected chi connectivity index (χ0v) is 13.0. The SMILES string of the molecule is COCCOCCOCCOc1cccc(CC(C)N)c1. The maximum absolute atomic E-state index is 5.79. The molecule has 0 bridgehead atoms. The Balaban J connectivity index is 2.07. The van der Waals surface area contributed by atoms with Crippen LogP contribution in [0.2, 0.25) is 0 Å². The summed E-state index contributed by atoms with van der Waals surface area (Å²) in [5.74, 6) is 0.855. The molecule has 120 valence electrons. The van der Waals surface area contributed by atoms with Gasteiger partial charge in [-0.15, -0.1) is 0 Å². The Kier molecular flexibility index (Phi) is 9.82. The van der Waals surface area contributed by atoms with Gasteiger partial charge in [0.1, 0.15) is 12.4 Å².